The normalized spacial score (nSPS) is 18.0. The highest BCUT2D eigenvalue weighted by atomic mass is 35.5. The third-order valence-corrected chi connectivity index (χ3v) is 4.09. The summed E-state index contributed by atoms with van der Waals surface area (Å²) in [5.74, 6) is 1.34. The fourth-order valence-electron chi connectivity index (χ4n) is 2.62. The van der Waals surface area contributed by atoms with Crippen LogP contribution in [0.3, 0.4) is 0 Å². The van der Waals surface area contributed by atoms with Gasteiger partial charge in [0.15, 0.2) is 6.61 Å². The second kappa shape index (κ2) is 9.01. The molecule has 1 unspecified atom stereocenters. The number of nitrogens with zero attached hydrogens (tertiary/aromatic N) is 1. The average Bonchev–Trinajstić information content (AvgIpc) is 2.53. The largest absolute Gasteiger partial charge is 0.484 e. The number of likely N-dealkylation sites (tertiary alicyclic amines) is 1. The average molecular weight is 327 g/mol. The van der Waals surface area contributed by atoms with Crippen LogP contribution in [-0.4, -0.2) is 43.6 Å². The third kappa shape index (κ3) is 5.18. The molecule has 1 N–H and O–H groups in total. The smallest absolute Gasteiger partial charge is 0.260 e. The summed E-state index contributed by atoms with van der Waals surface area (Å²) in [5, 5.41) is 3.24. The van der Waals surface area contributed by atoms with Gasteiger partial charge in [0.2, 0.25) is 0 Å². The van der Waals surface area contributed by atoms with E-state index < -0.39 is 0 Å². The van der Waals surface area contributed by atoms with Gasteiger partial charge in [0, 0.05) is 19.1 Å². The molecule has 1 fully saturated rings. The molecule has 2 rings (SSSR count). The molecule has 0 spiro atoms. The van der Waals surface area contributed by atoms with Gasteiger partial charge in [-0.15, -0.1) is 12.4 Å². The molecule has 1 heterocycles. The Labute approximate surface area is 139 Å². The zero-order chi connectivity index (χ0) is 15.2. The van der Waals surface area contributed by atoms with Crippen molar-refractivity contribution in [3.05, 3.63) is 29.8 Å². The lowest BCUT2D eigenvalue weighted by Crippen LogP contribution is -2.48. The van der Waals surface area contributed by atoms with Gasteiger partial charge < -0.3 is 15.0 Å². The van der Waals surface area contributed by atoms with E-state index in [0.717, 1.165) is 31.7 Å². The van der Waals surface area contributed by atoms with Crippen molar-refractivity contribution in [1.82, 2.24) is 10.2 Å². The first kappa shape index (κ1) is 18.8. The van der Waals surface area contributed by atoms with Crippen LogP contribution in [0.2, 0.25) is 0 Å². The second-order valence-corrected chi connectivity index (χ2v) is 5.98. The van der Waals surface area contributed by atoms with Crippen LogP contribution in [0.1, 0.15) is 38.2 Å². The first-order chi connectivity index (χ1) is 10.1. The number of halogens is 1. The molecule has 0 bridgehead atoms. The second-order valence-electron chi connectivity index (χ2n) is 5.98. The maximum Gasteiger partial charge on any atom is 0.260 e. The highest BCUT2D eigenvalue weighted by Gasteiger charge is 2.22. The Bertz CT molecular complexity index is 462. The van der Waals surface area contributed by atoms with Gasteiger partial charge in [0.1, 0.15) is 5.75 Å². The Hall–Kier alpha value is -1.26. The summed E-state index contributed by atoms with van der Waals surface area (Å²) in [6.45, 7) is 6.07. The first-order valence-electron chi connectivity index (χ1n) is 7.78. The topological polar surface area (TPSA) is 41.6 Å². The minimum absolute atomic E-state index is 0. The molecule has 1 aromatic carbocycles. The summed E-state index contributed by atoms with van der Waals surface area (Å²) < 4.78 is 5.61. The molecule has 0 aromatic heterocycles. The van der Waals surface area contributed by atoms with E-state index in [9.17, 15) is 4.79 Å². The number of carbonyl (C=O) groups is 1. The van der Waals surface area contributed by atoms with Crippen molar-refractivity contribution >= 4 is 18.3 Å². The summed E-state index contributed by atoms with van der Waals surface area (Å²) in [6, 6.07) is 8.41. The molecule has 1 aliphatic heterocycles. The van der Waals surface area contributed by atoms with Crippen LogP contribution < -0.4 is 10.1 Å². The van der Waals surface area contributed by atoms with E-state index >= 15 is 0 Å². The zero-order valence-corrected chi connectivity index (χ0v) is 14.5. The van der Waals surface area contributed by atoms with Gasteiger partial charge in [0.05, 0.1) is 0 Å². The Morgan fingerprint density at radius 2 is 2.05 bits per heavy atom. The van der Waals surface area contributed by atoms with Crippen molar-refractivity contribution in [3.63, 3.8) is 0 Å². The standard InChI is InChI=1S/C17H26N2O2.ClH/c1-13(2)14-6-8-16(9-7-14)21-12-17(20)19-10-4-5-15(11-19)18-3;/h6-9,13,15,18H,4-5,10-12H2,1-3H3;1H. The number of benzene rings is 1. The van der Waals surface area contributed by atoms with E-state index in [1.54, 1.807) is 0 Å². The summed E-state index contributed by atoms with van der Waals surface area (Å²) >= 11 is 0. The quantitative estimate of drug-likeness (QED) is 0.904. The van der Waals surface area contributed by atoms with Gasteiger partial charge in [0.25, 0.3) is 5.91 Å². The molecule has 1 atom stereocenters. The molecular formula is C17H27ClN2O2. The molecule has 1 aromatic rings. The van der Waals surface area contributed by atoms with Gasteiger partial charge in [-0.05, 0) is 43.5 Å². The van der Waals surface area contributed by atoms with Crippen LogP contribution in [0.5, 0.6) is 5.75 Å². The molecule has 0 aliphatic carbocycles. The van der Waals surface area contributed by atoms with Gasteiger partial charge in [-0.1, -0.05) is 26.0 Å². The number of rotatable bonds is 5. The van der Waals surface area contributed by atoms with E-state index in [1.807, 2.05) is 24.1 Å². The fraction of sp³-hybridized carbons (Fsp3) is 0.588. The molecule has 1 aliphatic rings. The van der Waals surface area contributed by atoms with E-state index in [1.165, 1.54) is 5.56 Å². The lowest BCUT2D eigenvalue weighted by Gasteiger charge is -2.32. The van der Waals surface area contributed by atoms with Crippen molar-refractivity contribution in [3.8, 4) is 5.75 Å². The van der Waals surface area contributed by atoms with E-state index in [-0.39, 0.29) is 24.9 Å². The molecule has 1 saturated heterocycles. The number of hydrogen-bond acceptors (Lipinski definition) is 3. The van der Waals surface area contributed by atoms with Gasteiger partial charge >= 0.3 is 0 Å². The van der Waals surface area contributed by atoms with E-state index in [2.05, 4.69) is 31.3 Å². The zero-order valence-electron chi connectivity index (χ0n) is 13.7. The fourth-order valence-corrected chi connectivity index (χ4v) is 2.62. The SMILES string of the molecule is CNC1CCCN(C(=O)COc2ccc(C(C)C)cc2)C1.Cl. The molecule has 22 heavy (non-hydrogen) atoms. The molecule has 0 radical (unpaired) electrons. The Kier molecular flexibility index (Phi) is 7.69. The Morgan fingerprint density at radius 3 is 2.64 bits per heavy atom. The molecule has 4 nitrogen and oxygen atoms in total. The lowest BCUT2D eigenvalue weighted by atomic mass is 10.0. The van der Waals surface area contributed by atoms with Crippen LogP contribution in [0.15, 0.2) is 24.3 Å². The van der Waals surface area contributed by atoms with Crippen LogP contribution in [0.4, 0.5) is 0 Å². The van der Waals surface area contributed by atoms with Crippen molar-refractivity contribution in [1.29, 1.82) is 0 Å². The summed E-state index contributed by atoms with van der Waals surface area (Å²) in [7, 11) is 1.95. The summed E-state index contributed by atoms with van der Waals surface area (Å²) in [5.41, 5.74) is 1.28. The third-order valence-electron chi connectivity index (χ3n) is 4.09. The van der Waals surface area contributed by atoms with Crippen molar-refractivity contribution < 1.29 is 9.53 Å². The van der Waals surface area contributed by atoms with Crippen LogP contribution in [-0.2, 0) is 4.79 Å². The molecule has 5 heteroatoms. The van der Waals surface area contributed by atoms with Crippen molar-refractivity contribution in [2.45, 2.75) is 38.6 Å². The maximum absolute atomic E-state index is 12.2. The Balaban J connectivity index is 0.00000242. The lowest BCUT2D eigenvalue weighted by molar-refractivity contribution is -0.134. The first-order valence-corrected chi connectivity index (χ1v) is 7.78. The summed E-state index contributed by atoms with van der Waals surface area (Å²) in [4.78, 5) is 14.1. The van der Waals surface area contributed by atoms with Crippen LogP contribution in [0.25, 0.3) is 0 Å². The van der Waals surface area contributed by atoms with Gasteiger partial charge in [-0.2, -0.15) is 0 Å². The maximum atomic E-state index is 12.2. The van der Waals surface area contributed by atoms with Crippen LogP contribution in [0, 0.1) is 0 Å². The predicted octanol–water partition coefficient (Wildman–Crippen LogP) is 2.82. The number of nitrogens with one attached hydrogen (secondary N) is 1. The number of piperidine rings is 1. The van der Waals surface area contributed by atoms with Crippen LogP contribution >= 0.6 is 12.4 Å². The minimum atomic E-state index is 0. The number of amides is 1. The molecule has 1 amide bonds. The predicted molar refractivity (Wildman–Crippen MR) is 91.9 cm³/mol. The monoisotopic (exact) mass is 326 g/mol. The Morgan fingerprint density at radius 1 is 1.36 bits per heavy atom. The van der Waals surface area contributed by atoms with E-state index in [4.69, 9.17) is 4.74 Å². The van der Waals surface area contributed by atoms with E-state index in [0.29, 0.717) is 12.0 Å². The number of ether oxygens (including phenoxy) is 1. The number of carbonyl (C=O) groups excluding carboxylic acids is 1. The summed E-state index contributed by atoms with van der Waals surface area (Å²) in [6.07, 6.45) is 2.19. The van der Waals surface area contributed by atoms with Gasteiger partial charge in [-0.3, -0.25) is 4.79 Å². The highest BCUT2D eigenvalue weighted by molar-refractivity contribution is 5.85. The highest BCUT2D eigenvalue weighted by Crippen LogP contribution is 2.18. The number of hydrogen-bond donors (Lipinski definition) is 1. The van der Waals surface area contributed by atoms with Gasteiger partial charge in [-0.25, -0.2) is 0 Å². The minimum Gasteiger partial charge on any atom is -0.484 e. The molecule has 124 valence electrons. The number of likely N-dealkylation sites (N-methyl/N-ethyl adjacent to an activating group) is 1. The van der Waals surface area contributed by atoms with Crippen molar-refractivity contribution in [2.24, 2.45) is 0 Å². The molecule has 0 saturated carbocycles. The van der Waals surface area contributed by atoms with Crippen molar-refractivity contribution in [2.75, 3.05) is 26.7 Å². The molecular weight excluding hydrogens is 300 g/mol.